The summed E-state index contributed by atoms with van der Waals surface area (Å²) in [5.41, 5.74) is 1.78. The highest BCUT2D eigenvalue weighted by Crippen LogP contribution is 2.22. The minimum Gasteiger partial charge on any atom is -0.375 e. The van der Waals surface area contributed by atoms with Crippen molar-refractivity contribution >= 4 is 33.2 Å². The molecule has 8 heteroatoms. The fourth-order valence-corrected chi connectivity index (χ4v) is 3.67. The minimum atomic E-state index is -3.43. The maximum atomic E-state index is 12.3. The third-order valence-corrected chi connectivity index (χ3v) is 5.37. The van der Waals surface area contributed by atoms with E-state index in [2.05, 4.69) is 16.6 Å². The van der Waals surface area contributed by atoms with Gasteiger partial charge in [0, 0.05) is 24.5 Å². The lowest BCUT2D eigenvalue weighted by molar-refractivity contribution is -0.130. The SMILES string of the molecule is C=CS(=O)(=O)NC1CCN(C(=O)CNc2ccc(C)cc2Cl)CC1. The van der Waals surface area contributed by atoms with Gasteiger partial charge in [0.15, 0.2) is 0 Å². The Bertz CT molecular complexity index is 713. The van der Waals surface area contributed by atoms with Crippen molar-refractivity contribution in [2.24, 2.45) is 0 Å². The minimum absolute atomic E-state index is 0.0309. The molecule has 1 saturated heterocycles. The van der Waals surface area contributed by atoms with Crippen LogP contribution in [0.3, 0.4) is 0 Å². The molecule has 6 nitrogen and oxygen atoms in total. The molecule has 132 valence electrons. The molecule has 0 spiro atoms. The van der Waals surface area contributed by atoms with Crippen molar-refractivity contribution in [1.29, 1.82) is 0 Å². The van der Waals surface area contributed by atoms with Crippen LogP contribution in [0.15, 0.2) is 30.2 Å². The molecule has 0 saturated carbocycles. The second-order valence-electron chi connectivity index (χ2n) is 5.82. The van der Waals surface area contributed by atoms with E-state index in [1.54, 1.807) is 4.90 Å². The molecule has 2 N–H and O–H groups in total. The number of halogens is 1. The van der Waals surface area contributed by atoms with E-state index in [4.69, 9.17) is 11.6 Å². The highest BCUT2D eigenvalue weighted by atomic mass is 35.5. The van der Waals surface area contributed by atoms with Gasteiger partial charge in [0.1, 0.15) is 0 Å². The molecular weight excluding hydrogens is 350 g/mol. The molecule has 0 radical (unpaired) electrons. The summed E-state index contributed by atoms with van der Waals surface area (Å²) < 4.78 is 25.5. The number of carbonyl (C=O) groups excluding carboxylic acids is 1. The van der Waals surface area contributed by atoms with Gasteiger partial charge in [-0.15, -0.1) is 0 Å². The summed E-state index contributed by atoms with van der Waals surface area (Å²) in [7, 11) is -3.43. The maximum absolute atomic E-state index is 12.3. The van der Waals surface area contributed by atoms with Gasteiger partial charge in [0.2, 0.25) is 15.9 Å². The smallest absolute Gasteiger partial charge is 0.241 e. The van der Waals surface area contributed by atoms with Crippen LogP contribution in [0.1, 0.15) is 18.4 Å². The number of anilines is 1. The fraction of sp³-hybridized carbons (Fsp3) is 0.438. The van der Waals surface area contributed by atoms with Crippen LogP contribution < -0.4 is 10.0 Å². The molecule has 0 aliphatic carbocycles. The largest absolute Gasteiger partial charge is 0.375 e. The van der Waals surface area contributed by atoms with Crippen LogP contribution in [-0.4, -0.2) is 44.9 Å². The Kier molecular flexibility index (Phi) is 6.26. The van der Waals surface area contributed by atoms with Crippen molar-refractivity contribution in [1.82, 2.24) is 9.62 Å². The average Bonchev–Trinajstić information content (AvgIpc) is 2.54. The van der Waals surface area contributed by atoms with E-state index in [-0.39, 0.29) is 18.5 Å². The van der Waals surface area contributed by atoms with Crippen LogP contribution >= 0.6 is 11.6 Å². The third kappa shape index (κ3) is 5.22. The predicted molar refractivity (Wildman–Crippen MR) is 96.5 cm³/mol. The van der Waals surface area contributed by atoms with Gasteiger partial charge in [-0.2, -0.15) is 0 Å². The summed E-state index contributed by atoms with van der Waals surface area (Å²) in [6.07, 6.45) is 1.17. The number of aryl methyl sites for hydroxylation is 1. The van der Waals surface area contributed by atoms with Crippen LogP contribution in [0, 0.1) is 6.92 Å². The number of rotatable bonds is 6. The Labute approximate surface area is 147 Å². The number of benzene rings is 1. The topological polar surface area (TPSA) is 78.5 Å². The number of piperidine rings is 1. The number of hydrogen-bond acceptors (Lipinski definition) is 4. The highest BCUT2D eigenvalue weighted by molar-refractivity contribution is 7.92. The van der Waals surface area contributed by atoms with Crippen LogP contribution in [0.25, 0.3) is 0 Å². The lowest BCUT2D eigenvalue weighted by Gasteiger charge is -2.32. The van der Waals surface area contributed by atoms with E-state index in [1.165, 1.54) is 0 Å². The summed E-state index contributed by atoms with van der Waals surface area (Å²) in [5.74, 6) is -0.0309. The average molecular weight is 372 g/mol. The van der Waals surface area contributed by atoms with Crippen molar-refractivity contribution in [3.8, 4) is 0 Å². The Morgan fingerprint density at radius 3 is 2.67 bits per heavy atom. The zero-order chi connectivity index (χ0) is 17.7. The van der Waals surface area contributed by atoms with E-state index in [0.29, 0.717) is 31.0 Å². The van der Waals surface area contributed by atoms with Gasteiger partial charge in [-0.25, -0.2) is 13.1 Å². The van der Waals surface area contributed by atoms with Crippen molar-refractivity contribution in [3.05, 3.63) is 40.8 Å². The third-order valence-electron chi connectivity index (χ3n) is 3.95. The van der Waals surface area contributed by atoms with Crippen molar-refractivity contribution in [2.45, 2.75) is 25.8 Å². The molecule has 24 heavy (non-hydrogen) atoms. The van der Waals surface area contributed by atoms with Gasteiger partial charge >= 0.3 is 0 Å². The van der Waals surface area contributed by atoms with Gasteiger partial charge < -0.3 is 10.2 Å². The first kappa shape index (κ1) is 18.8. The number of nitrogens with zero attached hydrogens (tertiary/aromatic N) is 1. The first-order chi connectivity index (χ1) is 11.3. The molecule has 1 aromatic rings. The number of sulfonamides is 1. The molecule has 0 atom stereocenters. The summed E-state index contributed by atoms with van der Waals surface area (Å²) in [4.78, 5) is 14.0. The summed E-state index contributed by atoms with van der Waals surface area (Å²) >= 11 is 6.13. The van der Waals surface area contributed by atoms with E-state index in [0.717, 1.165) is 16.7 Å². The van der Waals surface area contributed by atoms with Crippen LogP contribution in [0.2, 0.25) is 5.02 Å². The monoisotopic (exact) mass is 371 g/mol. The maximum Gasteiger partial charge on any atom is 0.241 e. The van der Waals surface area contributed by atoms with Gasteiger partial charge in [0.05, 0.1) is 17.3 Å². The Morgan fingerprint density at radius 1 is 1.42 bits per heavy atom. The van der Waals surface area contributed by atoms with Crippen LogP contribution in [-0.2, 0) is 14.8 Å². The van der Waals surface area contributed by atoms with E-state index >= 15 is 0 Å². The molecule has 1 aromatic carbocycles. The molecule has 0 bridgehead atoms. The van der Waals surface area contributed by atoms with Crippen molar-refractivity contribution < 1.29 is 13.2 Å². The summed E-state index contributed by atoms with van der Waals surface area (Å²) in [6, 6.07) is 5.46. The predicted octanol–water partition coefficient (Wildman–Crippen LogP) is 2.11. The molecule has 1 fully saturated rings. The van der Waals surface area contributed by atoms with Gasteiger partial charge in [-0.3, -0.25) is 4.79 Å². The van der Waals surface area contributed by atoms with Gasteiger partial charge in [-0.1, -0.05) is 24.2 Å². The molecule has 0 aromatic heterocycles. The lowest BCUT2D eigenvalue weighted by atomic mass is 10.1. The van der Waals surface area contributed by atoms with Gasteiger partial charge in [-0.05, 0) is 37.5 Å². The number of amides is 1. The number of likely N-dealkylation sites (tertiary alicyclic amines) is 1. The van der Waals surface area contributed by atoms with Gasteiger partial charge in [0.25, 0.3) is 0 Å². The second-order valence-corrected chi connectivity index (χ2v) is 7.89. The lowest BCUT2D eigenvalue weighted by Crippen LogP contribution is -2.47. The standard InChI is InChI=1S/C16H22ClN3O3S/c1-3-24(22,23)19-13-6-8-20(9-7-13)16(21)11-18-15-5-4-12(2)10-14(15)17/h3-5,10,13,18-19H,1,6-9,11H2,2H3. The quantitative estimate of drug-likeness (QED) is 0.802. The van der Waals surface area contributed by atoms with Crippen molar-refractivity contribution in [3.63, 3.8) is 0 Å². The Hall–Kier alpha value is -1.57. The zero-order valence-electron chi connectivity index (χ0n) is 13.6. The molecule has 1 aliphatic rings. The molecular formula is C16H22ClN3O3S. The van der Waals surface area contributed by atoms with Crippen LogP contribution in [0.4, 0.5) is 5.69 Å². The highest BCUT2D eigenvalue weighted by Gasteiger charge is 2.24. The normalized spacial score (nSPS) is 16.0. The zero-order valence-corrected chi connectivity index (χ0v) is 15.2. The molecule has 1 amide bonds. The Morgan fingerprint density at radius 2 is 2.08 bits per heavy atom. The molecule has 1 aliphatic heterocycles. The fourth-order valence-electron chi connectivity index (χ4n) is 2.57. The molecule has 2 rings (SSSR count). The van der Waals surface area contributed by atoms with Crippen LogP contribution in [0.5, 0.6) is 0 Å². The van der Waals surface area contributed by atoms with E-state index in [1.807, 2.05) is 25.1 Å². The van der Waals surface area contributed by atoms with Crippen molar-refractivity contribution in [2.75, 3.05) is 25.0 Å². The number of nitrogens with one attached hydrogen (secondary N) is 2. The summed E-state index contributed by atoms with van der Waals surface area (Å²) in [5, 5.41) is 4.53. The second kappa shape index (κ2) is 8.00. The molecule has 1 heterocycles. The summed E-state index contributed by atoms with van der Waals surface area (Å²) in [6.45, 7) is 6.42. The van der Waals surface area contributed by atoms with E-state index < -0.39 is 10.0 Å². The number of hydrogen-bond donors (Lipinski definition) is 2. The Balaban J connectivity index is 1.81. The van der Waals surface area contributed by atoms with E-state index in [9.17, 15) is 13.2 Å². The first-order valence-electron chi connectivity index (χ1n) is 7.73. The molecule has 0 unspecified atom stereocenters. The first-order valence-corrected chi connectivity index (χ1v) is 9.66. The number of carbonyl (C=O) groups is 1.